The summed E-state index contributed by atoms with van der Waals surface area (Å²) >= 11 is 0. The van der Waals surface area contributed by atoms with E-state index in [-0.39, 0.29) is 36.9 Å². The Labute approximate surface area is 228 Å². The highest BCUT2D eigenvalue weighted by molar-refractivity contribution is 7.89. The van der Waals surface area contributed by atoms with Crippen molar-refractivity contribution in [3.8, 4) is 0 Å². The summed E-state index contributed by atoms with van der Waals surface area (Å²) in [4.78, 5) is 16.7. The van der Waals surface area contributed by atoms with Crippen LogP contribution >= 0.6 is 0 Å². The number of hydrogen-bond donors (Lipinski definition) is 2. The number of aromatic nitrogens is 1. The standard InChI is InChI=1S/C29H34FN3O5S/c30-25-12-14-26(15-13-25)39(36,37)33(19-23-9-4-5-10-23)20-28(34)27(17-22-7-2-1-3-8-22)32-29(35)38-21-24-11-6-16-31-18-24/h1-3,6-8,11-16,18,23,27-28,34H,4-5,9-10,17,19-21H2,(H,32,35)/t27-,28+/m0/s1. The highest BCUT2D eigenvalue weighted by atomic mass is 32.2. The zero-order valence-electron chi connectivity index (χ0n) is 21.7. The summed E-state index contributed by atoms with van der Waals surface area (Å²) in [5, 5.41) is 14.1. The molecule has 1 saturated carbocycles. The van der Waals surface area contributed by atoms with E-state index in [1.807, 2.05) is 30.3 Å². The first kappa shape index (κ1) is 28.7. The van der Waals surface area contributed by atoms with Gasteiger partial charge in [-0.15, -0.1) is 0 Å². The number of halogens is 1. The fourth-order valence-electron chi connectivity index (χ4n) is 4.82. The molecule has 0 bridgehead atoms. The molecule has 39 heavy (non-hydrogen) atoms. The lowest BCUT2D eigenvalue weighted by atomic mass is 10.0. The molecule has 10 heteroatoms. The molecule has 1 aliphatic rings. The molecule has 0 aliphatic heterocycles. The molecule has 1 aromatic heterocycles. The molecule has 1 aliphatic carbocycles. The molecule has 0 radical (unpaired) electrons. The summed E-state index contributed by atoms with van der Waals surface area (Å²) in [6, 6.07) is 16.7. The van der Waals surface area contributed by atoms with Crippen LogP contribution in [0.2, 0.25) is 0 Å². The second kappa shape index (κ2) is 13.6. The van der Waals surface area contributed by atoms with Crippen molar-refractivity contribution in [2.24, 2.45) is 5.92 Å². The van der Waals surface area contributed by atoms with Gasteiger partial charge in [-0.05, 0) is 61.1 Å². The maximum absolute atomic E-state index is 13.6. The summed E-state index contributed by atoms with van der Waals surface area (Å²) in [5.41, 5.74) is 1.57. The van der Waals surface area contributed by atoms with Gasteiger partial charge in [-0.1, -0.05) is 49.2 Å². The molecule has 2 N–H and O–H groups in total. The van der Waals surface area contributed by atoms with Crippen molar-refractivity contribution < 1.29 is 27.4 Å². The van der Waals surface area contributed by atoms with Crippen molar-refractivity contribution >= 4 is 16.1 Å². The summed E-state index contributed by atoms with van der Waals surface area (Å²) in [5.74, 6) is -0.370. The molecule has 0 unspecified atom stereocenters. The molecule has 2 aromatic carbocycles. The third-order valence-electron chi connectivity index (χ3n) is 6.94. The number of carbonyl (C=O) groups is 1. The quantitative estimate of drug-likeness (QED) is 0.345. The summed E-state index contributed by atoms with van der Waals surface area (Å²) in [6.07, 6.45) is 5.35. The maximum atomic E-state index is 13.6. The van der Waals surface area contributed by atoms with Gasteiger partial charge in [-0.3, -0.25) is 4.98 Å². The van der Waals surface area contributed by atoms with E-state index >= 15 is 0 Å². The second-order valence-corrected chi connectivity index (χ2v) is 11.8. The van der Waals surface area contributed by atoms with Crippen LogP contribution in [-0.4, -0.2) is 54.1 Å². The molecule has 208 valence electrons. The molecule has 3 aromatic rings. The summed E-state index contributed by atoms with van der Waals surface area (Å²) in [7, 11) is -4.03. The Morgan fingerprint density at radius 1 is 1.05 bits per heavy atom. The molecule has 0 saturated heterocycles. The monoisotopic (exact) mass is 555 g/mol. The van der Waals surface area contributed by atoms with Crippen molar-refractivity contribution in [2.45, 2.75) is 55.8 Å². The van der Waals surface area contributed by atoms with E-state index in [1.165, 1.54) is 16.4 Å². The van der Waals surface area contributed by atoms with Gasteiger partial charge >= 0.3 is 6.09 Å². The average Bonchev–Trinajstić information content (AvgIpc) is 3.46. The van der Waals surface area contributed by atoms with Crippen LogP contribution in [0.3, 0.4) is 0 Å². The number of pyridine rings is 1. The molecule has 2 atom stereocenters. The fourth-order valence-corrected chi connectivity index (χ4v) is 6.35. The highest BCUT2D eigenvalue weighted by Crippen LogP contribution is 2.28. The number of amides is 1. The zero-order valence-corrected chi connectivity index (χ0v) is 22.5. The summed E-state index contributed by atoms with van der Waals surface area (Å²) < 4.78 is 47.3. The Morgan fingerprint density at radius 3 is 2.41 bits per heavy atom. The average molecular weight is 556 g/mol. The number of aliphatic hydroxyl groups excluding tert-OH is 1. The van der Waals surface area contributed by atoms with E-state index in [4.69, 9.17) is 4.74 Å². The van der Waals surface area contributed by atoms with Crippen molar-refractivity contribution in [3.63, 3.8) is 0 Å². The van der Waals surface area contributed by atoms with Crippen LogP contribution in [0.1, 0.15) is 36.8 Å². The molecular formula is C29H34FN3O5S. The van der Waals surface area contributed by atoms with Crippen molar-refractivity contribution in [3.05, 3.63) is 96.1 Å². The van der Waals surface area contributed by atoms with Gasteiger partial charge in [0.05, 0.1) is 17.0 Å². The number of nitrogens with one attached hydrogen (secondary N) is 1. The lowest BCUT2D eigenvalue weighted by molar-refractivity contribution is 0.0866. The Bertz CT molecular complexity index is 1290. The SMILES string of the molecule is O=C(N[C@@H](Cc1ccccc1)[C@H](O)CN(CC1CCCC1)S(=O)(=O)c1ccc(F)cc1)OCc1cccnc1. The number of alkyl carbamates (subject to hydrolysis) is 1. The number of hydrogen-bond acceptors (Lipinski definition) is 6. The molecule has 4 rings (SSSR count). The molecule has 0 spiro atoms. The first-order chi connectivity index (χ1) is 18.8. The minimum absolute atomic E-state index is 0.000572. The van der Waals surface area contributed by atoms with Crippen LogP contribution in [-0.2, 0) is 27.8 Å². The Balaban J connectivity index is 1.52. The number of rotatable bonds is 12. The van der Waals surface area contributed by atoms with Gasteiger partial charge in [-0.25, -0.2) is 17.6 Å². The number of carbonyl (C=O) groups excluding carboxylic acids is 1. The third kappa shape index (κ3) is 8.32. The minimum Gasteiger partial charge on any atom is -0.445 e. The molecular weight excluding hydrogens is 521 g/mol. The number of ether oxygens (including phenoxy) is 1. The van der Waals surface area contributed by atoms with Crippen LogP contribution in [0.5, 0.6) is 0 Å². The van der Waals surface area contributed by atoms with Gasteiger partial charge in [-0.2, -0.15) is 4.31 Å². The second-order valence-electron chi connectivity index (χ2n) is 9.87. The lowest BCUT2D eigenvalue weighted by Gasteiger charge is -2.31. The number of sulfonamides is 1. The van der Waals surface area contributed by atoms with Gasteiger partial charge in [0.2, 0.25) is 10.0 Å². The van der Waals surface area contributed by atoms with Gasteiger partial charge in [0.25, 0.3) is 0 Å². The number of benzene rings is 2. The van der Waals surface area contributed by atoms with E-state index in [0.29, 0.717) is 5.56 Å². The molecule has 8 nitrogen and oxygen atoms in total. The third-order valence-corrected chi connectivity index (χ3v) is 8.78. The topological polar surface area (TPSA) is 109 Å². The first-order valence-corrected chi connectivity index (χ1v) is 14.5. The van der Waals surface area contributed by atoms with Crippen LogP contribution in [0.4, 0.5) is 9.18 Å². The Hall–Kier alpha value is -3.34. The predicted octanol–water partition coefficient (Wildman–Crippen LogP) is 4.30. The van der Waals surface area contributed by atoms with Gasteiger partial charge < -0.3 is 15.2 Å². The Kier molecular flexibility index (Phi) is 10.0. The predicted molar refractivity (Wildman–Crippen MR) is 145 cm³/mol. The largest absolute Gasteiger partial charge is 0.445 e. The minimum atomic E-state index is -4.03. The van der Waals surface area contributed by atoms with Crippen LogP contribution in [0.25, 0.3) is 0 Å². The van der Waals surface area contributed by atoms with Gasteiger partial charge in [0, 0.05) is 31.0 Å². The molecule has 1 heterocycles. The number of nitrogens with zero attached hydrogens (tertiary/aromatic N) is 2. The molecule has 1 amide bonds. The van der Waals surface area contributed by atoms with Crippen molar-refractivity contribution in [1.82, 2.24) is 14.6 Å². The fraction of sp³-hybridized carbons (Fsp3) is 0.379. The van der Waals surface area contributed by atoms with Crippen LogP contribution < -0.4 is 5.32 Å². The number of aliphatic hydroxyl groups is 1. The summed E-state index contributed by atoms with van der Waals surface area (Å²) in [6.45, 7) is -0.00253. The highest BCUT2D eigenvalue weighted by Gasteiger charge is 2.33. The maximum Gasteiger partial charge on any atom is 0.407 e. The molecule has 1 fully saturated rings. The van der Waals surface area contributed by atoms with Crippen LogP contribution in [0, 0.1) is 11.7 Å². The zero-order chi connectivity index (χ0) is 27.7. The van der Waals surface area contributed by atoms with Crippen LogP contribution in [0.15, 0.2) is 84.0 Å². The normalized spacial score (nSPS) is 15.7. The lowest BCUT2D eigenvalue weighted by Crippen LogP contribution is -2.51. The Morgan fingerprint density at radius 2 is 1.74 bits per heavy atom. The smallest absolute Gasteiger partial charge is 0.407 e. The van der Waals surface area contributed by atoms with Crippen molar-refractivity contribution in [1.29, 1.82) is 0 Å². The van der Waals surface area contributed by atoms with Gasteiger partial charge in [0.15, 0.2) is 0 Å². The van der Waals surface area contributed by atoms with E-state index in [1.54, 1.807) is 24.5 Å². The first-order valence-electron chi connectivity index (χ1n) is 13.1. The van der Waals surface area contributed by atoms with E-state index < -0.39 is 34.1 Å². The van der Waals surface area contributed by atoms with E-state index in [9.17, 15) is 22.7 Å². The van der Waals surface area contributed by atoms with E-state index in [0.717, 1.165) is 43.4 Å². The van der Waals surface area contributed by atoms with Gasteiger partial charge in [0.1, 0.15) is 12.4 Å². The van der Waals surface area contributed by atoms with Crippen molar-refractivity contribution in [2.75, 3.05) is 13.1 Å². The van der Waals surface area contributed by atoms with E-state index in [2.05, 4.69) is 10.3 Å².